The number of fused-ring (bicyclic) bond motifs is 2. The van der Waals surface area contributed by atoms with E-state index in [1.807, 2.05) is 0 Å². The van der Waals surface area contributed by atoms with Crippen molar-refractivity contribution in [1.82, 2.24) is 0 Å². The Hall–Kier alpha value is -0.123. The highest BCUT2D eigenvalue weighted by atomic mass is 28.4. The molecule has 0 aromatic rings. The zero-order valence-electron chi connectivity index (χ0n) is 10.1. The molecule has 1 unspecified atom stereocenters. The molecule has 1 saturated carbocycles. The summed E-state index contributed by atoms with van der Waals surface area (Å²) in [5.41, 5.74) is 1.68. The molecule has 86 valence electrons. The lowest BCUT2D eigenvalue weighted by Crippen LogP contribution is -2.42. The van der Waals surface area contributed by atoms with Crippen LogP contribution in [-0.4, -0.2) is 21.8 Å². The van der Waals surface area contributed by atoms with Gasteiger partial charge in [0.2, 0.25) is 0 Å². The SMILES string of the molecule is CCO[Si](C)(OCC)C1=C2CCC(C2)C1. The molecule has 0 spiro atoms. The van der Waals surface area contributed by atoms with Gasteiger partial charge in [-0.25, -0.2) is 0 Å². The fourth-order valence-electron chi connectivity index (χ4n) is 3.09. The molecule has 1 fully saturated rings. The van der Waals surface area contributed by atoms with Crippen molar-refractivity contribution < 1.29 is 8.85 Å². The lowest BCUT2D eigenvalue weighted by Gasteiger charge is -2.30. The second-order valence-electron chi connectivity index (χ2n) is 4.71. The van der Waals surface area contributed by atoms with Crippen LogP contribution in [-0.2, 0) is 8.85 Å². The summed E-state index contributed by atoms with van der Waals surface area (Å²) in [6.07, 6.45) is 5.31. The maximum Gasteiger partial charge on any atom is 0.365 e. The molecule has 2 rings (SSSR count). The Morgan fingerprint density at radius 3 is 2.27 bits per heavy atom. The second kappa shape index (κ2) is 4.40. The van der Waals surface area contributed by atoms with Crippen LogP contribution in [0.5, 0.6) is 0 Å². The van der Waals surface area contributed by atoms with Crippen LogP contribution in [0.1, 0.15) is 39.5 Å². The molecule has 0 aromatic heterocycles. The summed E-state index contributed by atoms with van der Waals surface area (Å²) in [5, 5.41) is 1.59. The van der Waals surface area contributed by atoms with Gasteiger partial charge in [-0.2, -0.15) is 0 Å². The number of hydrogen-bond acceptors (Lipinski definition) is 2. The van der Waals surface area contributed by atoms with Gasteiger partial charge >= 0.3 is 8.56 Å². The highest BCUT2D eigenvalue weighted by Crippen LogP contribution is 2.47. The smallest absolute Gasteiger partial charge is 0.365 e. The van der Waals surface area contributed by atoms with Crippen molar-refractivity contribution in [2.45, 2.75) is 46.1 Å². The van der Waals surface area contributed by atoms with Gasteiger partial charge in [0.15, 0.2) is 0 Å². The number of rotatable bonds is 5. The zero-order valence-corrected chi connectivity index (χ0v) is 11.1. The molecule has 2 aliphatic rings. The summed E-state index contributed by atoms with van der Waals surface area (Å²) in [6.45, 7) is 7.93. The minimum atomic E-state index is -1.99. The minimum Gasteiger partial charge on any atom is -0.392 e. The summed E-state index contributed by atoms with van der Waals surface area (Å²) in [6, 6.07) is 0. The Balaban J connectivity index is 2.17. The van der Waals surface area contributed by atoms with Crippen molar-refractivity contribution in [3.8, 4) is 0 Å². The van der Waals surface area contributed by atoms with Crippen LogP contribution in [0.2, 0.25) is 6.55 Å². The van der Waals surface area contributed by atoms with Crippen LogP contribution in [0.3, 0.4) is 0 Å². The Morgan fingerprint density at radius 1 is 1.20 bits per heavy atom. The highest BCUT2D eigenvalue weighted by molar-refractivity contribution is 6.74. The Kier molecular flexibility index (Phi) is 3.33. The van der Waals surface area contributed by atoms with E-state index in [0.717, 1.165) is 19.1 Å². The third kappa shape index (κ3) is 2.05. The van der Waals surface area contributed by atoms with Crippen molar-refractivity contribution in [2.24, 2.45) is 5.92 Å². The third-order valence-corrected chi connectivity index (χ3v) is 7.03. The fraction of sp³-hybridized carbons (Fsp3) is 0.833. The van der Waals surface area contributed by atoms with Gasteiger partial charge in [0.05, 0.1) is 0 Å². The first-order valence-corrected chi connectivity index (χ1v) is 8.50. The first kappa shape index (κ1) is 11.4. The van der Waals surface area contributed by atoms with Gasteiger partial charge in [-0.05, 0) is 57.2 Å². The van der Waals surface area contributed by atoms with Crippen LogP contribution >= 0.6 is 0 Å². The lowest BCUT2D eigenvalue weighted by atomic mass is 10.1. The van der Waals surface area contributed by atoms with E-state index in [9.17, 15) is 0 Å². The van der Waals surface area contributed by atoms with E-state index in [2.05, 4.69) is 20.4 Å². The molecule has 0 radical (unpaired) electrons. The largest absolute Gasteiger partial charge is 0.392 e. The van der Waals surface area contributed by atoms with Crippen LogP contribution in [0, 0.1) is 5.92 Å². The minimum absolute atomic E-state index is 0.782. The molecule has 2 nitrogen and oxygen atoms in total. The maximum atomic E-state index is 5.97. The average Bonchev–Trinajstić information content (AvgIpc) is 2.79. The van der Waals surface area contributed by atoms with Crippen molar-refractivity contribution in [3.63, 3.8) is 0 Å². The second-order valence-corrected chi connectivity index (χ2v) is 7.78. The van der Waals surface area contributed by atoms with Gasteiger partial charge in [-0.1, -0.05) is 5.57 Å². The molecular weight excluding hydrogens is 204 g/mol. The Labute approximate surface area is 93.9 Å². The predicted octanol–water partition coefficient (Wildman–Crippen LogP) is 3.17. The molecule has 0 N–H and O–H groups in total. The zero-order chi connectivity index (χ0) is 10.9. The van der Waals surface area contributed by atoms with Gasteiger partial charge in [-0.15, -0.1) is 0 Å². The average molecular weight is 226 g/mol. The van der Waals surface area contributed by atoms with E-state index in [-0.39, 0.29) is 0 Å². The van der Waals surface area contributed by atoms with Crippen LogP contribution in [0.25, 0.3) is 0 Å². The summed E-state index contributed by atoms with van der Waals surface area (Å²) in [7, 11) is -1.99. The molecule has 1 atom stereocenters. The molecule has 0 heterocycles. The first-order chi connectivity index (χ1) is 7.19. The Morgan fingerprint density at radius 2 is 1.87 bits per heavy atom. The van der Waals surface area contributed by atoms with Crippen molar-refractivity contribution in [3.05, 3.63) is 10.8 Å². The van der Waals surface area contributed by atoms with E-state index in [1.165, 1.54) is 25.7 Å². The van der Waals surface area contributed by atoms with Crippen LogP contribution < -0.4 is 0 Å². The van der Waals surface area contributed by atoms with E-state index >= 15 is 0 Å². The van der Waals surface area contributed by atoms with Gasteiger partial charge < -0.3 is 8.85 Å². The van der Waals surface area contributed by atoms with E-state index in [4.69, 9.17) is 8.85 Å². The molecule has 0 aliphatic heterocycles. The molecule has 0 saturated heterocycles. The van der Waals surface area contributed by atoms with E-state index in [0.29, 0.717) is 0 Å². The summed E-state index contributed by atoms with van der Waals surface area (Å²) in [4.78, 5) is 0. The Bertz CT molecular complexity index is 267. The fourth-order valence-corrected chi connectivity index (χ4v) is 6.15. The van der Waals surface area contributed by atoms with E-state index in [1.54, 1.807) is 10.8 Å². The predicted molar refractivity (Wildman–Crippen MR) is 63.9 cm³/mol. The normalized spacial score (nSPS) is 25.4. The molecule has 3 heteroatoms. The van der Waals surface area contributed by atoms with Gasteiger partial charge in [-0.3, -0.25) is 0 Å². The quantitative estimate of drug-likeness (QED) is 0.670. The van der Waals surface area contributed by atoms with Crippen molar-refractivity contribution in [1.29, 1.82) is 0 Å². The molecule has 15 heavy (non-hydrogen) atoms. The van der Waals surface area contributed by atoms with Gasteiger partial charge in [0.25, 0.3) is 0 Å². The lowest BCUT2D eigenvalue weighted by molar-refractivity contribution is 0.196. The van der Waals surface area contributed by atoms with Crippen molar-refractivity contribution in [2.75, 3.05) is 13.2 Å². The van der Waals surface area contributed by atoms with Crippen LogP contribution in [0.4, 0.5) is 0 Å². The number of allylic oxidation sites excluding steroid dienone is 2. The topological polar surface area (TPSA) is 18.5 Å². The summed E-state index contributed by atoms with van der Waals surface area (Å²) >= 11 is 0. The van der Waals surface area contributed by atoms with Crippen molar-refractivity contribution >= 4 is 8.56 Å². The molecular formula is C12H22O2Si. The number of hydrogen-bond donors (Lipinski definition) is 0. The monoisotopic (exact) mass is 226 g/mol. The van der Waals surface area contributed by atoms with Gasteiger partial charge in [0.1, 0.15) is 0 Å². The molecule has 2 aliphatic carbocycles. The molecule has 2 bridgehead atoms. The van der Waals surface area contributed by atoms with Crippen LogP contribution in [0.15, 0.2) is 10.8 Å². The molecule has 0 amide bonds. The summed E-state index contributed by atoms with van der Waals surface area (Å²) in [5.74, 6) is 0.919. The standard InChI is InChI=1S/C12H22O2Si/c1-4-13-15(3,14-5-2)12-9-10-6-7-11(12)8-10/h10H,4-9H2,1-3H3. The molecule has 0 aromatic carbocycles. The maximum absolute atomic E-state index is 5.97. The van der Waals surface area contributed by atoms with E-state index < -0.39 is 8.56 Å². The highest BCUT2D eigenvalue weighted by Gasteiger charge is 2.44. The van der Waals surface area contributed by atoms with Gasteiger partial charge in [0, 0.05) is 13.2 Å². The summed E-state index contributed by atoms with van der Waals surface area (Å²) < 4.78 is 11.9. The first-order valence-electron chi connectivity index (χ1n) is 6.19. The third-order valence-electron chi connectivity index (χ3n) is 3.70.